The molecular weight excluding hydrogens is 448 g/mol. The Morgan fingerprint density at radius 1 is 0.968 bits per heavy atom. The average molecular weight is 466 g/mol. The Labute approximate surface area is 179 Å². The predicted molar refractivity (Wildman–Crippen MR) is 102 cm³/mol. The Morgan fingerprint density at radius 3 is 2.13 bits per heavy atom. The number of nitrogens with zero attached hydrogens (tertiary/aromatic N) is 1. The molecule has 1 N–H and O–H groups in total. The topological polar surface area (TPSA) is 40.5 Å². The van der Waals surface area contributed by atoms with Gasteiger partial charge in [0.1, 0.15) is 0 Å². The lowest BCUT2D eigenvalue weighted by Gasteiger charge is -2.37. The number of carbonyl (C=O) groups is 1. The van der Waals surface area contributed by atoms with Crippen LogP contribution in [0.3, 0.4) is 0 Å². The summed E-state index contributed by atoms with van der Waals surface area (Å²) in [5.41, 5.74) is -1.70. The summed E-state index contributed by atoms with van der Waals surface area (Å²) in [6, 6.07) is 6.78. The molecule has 3 rings (SSSR count). The lowest BCUT2D eigenvalue weighted by molar-refractivity contribution is -0.143. The summed E-state index contributed by atoms with van der Waals surface area (Å²) < 4.78 is 79.9. The van der Waals surface area contributed by atoms with Gasteiger partial charge in [0.25, 0.3) is 0 Å². The van der Waals surface area contributed by atoms with E-state index in [0.29, 0.717) is 0 Å². The summed E-state index contributed by atoms with van der Waals surface area (Å²) in [7, 11) is 0. The van der Waals surface area contributed by atoms with Gasteiger partial charge in [-0.3, -0.25) is 9.69 Å². The molecule has 0 saturated carbocycles. The van der Waals surface area contributed by atoms with Gasteiger partial charge >= 0.3 is 18.3 Å². The predicted octanol–water partition coefficient (Wildman–Crippen LogP) is 6.26. The second-order valence-electron chi connectivity index (χ2n) is 7.41. The van der Waals surface area contributed by atoms with Crippen LogP contribution < -0.4 is 0 Å². The molecular formula is C21H18ClF6NO2. The molecule has 1 saturated heterocycles. The largest absolute Gasteiger partial charge is 0.481 e. The lowest BCUT2D eigenvalue weighted by Crippen LogP contribution is -2.39. The van der Waals surface area contributed by atoms with Gasteiger partial charge in [-0.25, -0.2) is 0 Å². The van der Waals surface area contributed by atoms with Crippen LogP contribution in [-0.4, -0.2) is 29.1 Å². The third kappa shape index (κ3) is 5.33. The van der Waals surface area contributed by atoms with E-state index in [9.17, 15) is 36.2 Å². The highest BCUT2D eigenvalue weighted by Crippen LogP contribution is 2.40. The Morgan fingerprint density at radius 2 is 1.58 bits per heavy atom. The molecule has 0 amide bonds. The summed E-state index contributed by atoms with van der Waals surface area (Å²) in [6.45, 7) is 0.420. The highest BCUT2D eigenvalue weighted by molar-refractivity contribution is 6.31. The molecule has 2 aromatic carbocycles. The summed E-state index contributed by atoms with van der Waals surface area (Å²) in [6.07, 6.45) is -8.87. The van der Waals surface area contributed by atoms with Crippen molar-refractivity contribution >= 4 is 17.6 Å². The van der Waals surface area contributed by atoms with E-state index in [1.807, 2.05) is 0 Å². The third-order valence-corrected chi connectivity index (χ3v) is 5.71. The van der Waals surface area contributed by atoms with Crippen molar-refractivity contribution in [3.8, 4) is 0 Å². The van der Waals surface area contributed by atoms with Crippen LogP contribution in [0.15, 0.2) is 42.5 Å². The van der Waals surface area contributed by atoms with Crippen LogP contribution in [0.2, 0.25) is 5.02 Å². The van der Waals surface area contributed by atoms with E-state index in [-0.39, 0.29) is 37.1 Å². The smallest absolute Gasteiger partial charge is 0.417 e. The molecule has 0 spiro atoms. The fraction of sp³-hybridized carbons (Fsp3) is 0.381. The van der Waals surface area contributed by atoms with Crippen LogP contribution in [0.1, 0.15) is 41.1 Å². The molecule has 1 aliphatic heterocycles. The SMILES string of the molecule is O=C(O)C1CCN(C(c2cccc(C(F)(F)F)c2)c2ccc(Cl)c(C(F)(F)F)c2)CC1. The van der Waals surface area contributed by atoms with Crippen molar-refractivity contribution in [2.45, 2.75) is 31.2 Å². The first-order valence-corrected chi connectivity index (χ1v) is 9.76. The van der Waals surface area contributed by atoms with Crippen molar-refractivity contribution in [3.63, 3.8) is 0 Å². The van der Waals surface area contributed by atoms with E-state index < -0.39 is 46.4 Å². The first-order chi connectivity index (χ1) is 14.4. The molecule has 3 nitrogen and oxygen atoms in total. The minimum Gasteiger partial charge on any atom is -0.481 e. The van der Waals surface area contributed by atoms with Crippen molar-refractivity contribution in [2.75, 3.05) is 13.1 Å². The molecule has 2 aromatic rings. The summed E-state index contributed by atoms with van der Waals surface area (Å²) in [5.74, 6) is -1.57. The second-order valence-corrected chi connectivity index (χ2v) is 7.82. The van der Waals surface area contributed by atoms with Crippen molar-refractivity contribution in [1.82, 2.24) is 4.90 Å². The van der Waals surface area contributed by atoms with Crippen LogP contribution in [0.25, 0.3) is 0 Å². The number of benzene rings is 2. The van der Waals surface area contributed by atoms with E-state index in [2.05, 4.69) is 0 Å². The van der Waals surface area contributed by atoms with Crippen molar-refractivity contribution in [1.29, 1.82) is 0 Å². The Balaban J connectivity index is 2.07. The first kappa shape index (κ1) is 23.4. The number of carboxylic acids is 1. The molecule has 1 aliphatic rings. The van der Waals surface area contributed by atoms with Gasteiger partial charge in [-0.05, 0) is 61.3 Å². The highest BCUT2D eigenvalue weighted by Gasteiger charge is 2.37. The fourth-order valence-electron chi connectivity index (χ4n) is 3.83. The van der Waals surface area contributed by atoms with Crippen molar-refractivity contribution in [3.05, 3.63) is 69.7 Å². The maximum atomic E-state index is 13.4. The number of hydrogen-bond acceptors (Lipinski definition) is 2. The minimum absolute atomic E-state index is 0.129. The molecule has 31 heavy (non-hydrogen) atoms. The van der Waals surface area contributed by atoms with Crippen LogP contribution in [-0.2, 0) is 17.1 Å². The van der Waals surface area contributed by atoms with Gasteiger partial charge in [0, 0.05) is 0 Å². The zero-order valence-corrected chi connectivity index (χ0v) is 16.7. The molecule has 0 aromatic heterocycles. The maximum Gasteiger partial charge on any atom is 0.417 e. The first-order valence-electron chi connectivity index (χ1n) is 9.38. The van der Waals surface area contributed by atoms with Crippen LogP contribution in [0.5, 0.6) is 0 Å². The number of halogens is 7. The van der Waals surface area contributed by atoms with E-state index in [4.69, 9.17) is 11.6 Å². The van der Waals surface area contributed by atoms with Gasteiger partial charge in [-0.1, -0.05) is 29.8 Å². The highest BCUT2D eigenvalue weighted by atomic mass is 35.5. The number of likely N-dealkylation sites (tertiary alicyclic amines) is 1. The molecule has 0 bridgehead atoms. The normalized spacial score (nSPS) is 17.5. The molecule has 10 heteroatoms. The van der Waals surface area contributed by atoms with Crippen LogP contribution >= 0.6 is 11.6 Å². The van der Waals surface area contributed by atoms with E-state index in [1.165, 1.54) is 18.2 Å². The molecule has 0 radical (unpaired) electrons. The van der Waals surface area contributed by atoms with Gasteiger partial charge in [0.2, 0.25) is 0 Å². The Hall–Kier alpha value is -2.26. The Bertz CT molecular complexity index is 952. The zero-order chi connectivity index (χ0) is 23.0. The molecule has 168 valence electrons. The standard InChI is InChI=1S/C21H18ClF6NO2/c22-17-5-4-14(11-16(17)21(26,27)28)18(29-8-6-12(7-9-29)19(30)31)13-2-1-3-15(10-13)20(23,24)25/h1-5,10-12,18H,6-9H2,(H,30,31). The number of piperidine rings is 1. The van der Waals surface area contributed by atoms with Gasteiger partial charge in [0.15, 0.2) is 0 Å². The van der Waals surface area contributed by atoms with E-state index >= 15 is 0 Å². The van der Waals surface area contributed by atoms with Crippen LogP contribution in [0.4, 0.5) is 26.3 Å². The zero-order valence-electron chi connectivity index (χ0n) is 16.0. The quantitative estimate of drug-likeness (QED) is 0.541. The van der Waals surface area contributed by atoms with E-state index in [0.717, 1.165) is 24.3 Å². The molecule has 0 aliphatic carbocycles. The number of hydrogen-bond donors (Lipinski definition) is 1. The van der Waals surface area contributed by atoms with Gasteiger partial charge in [-0.2, -0.15) is 26.3 Å². The molecule has 1 atom stereocenters. The van der Waals surface area contributed by atoms with Crippen molar-refractivity contribution < 1.29 is 36.2 Å². The van der Waals surface area contributed by atoms with Crippen LogP contribution in [0, 0.1) is 5.92 Å². The monoisotopic (exact) mass is 465 g/mol. The minimum atomic E-state index is -4.73. The lowest BCUT2D eigenvalue weighted by atomic mass is 9.90. The van der Waals surface area contributed by atoms with Gasteiger partial charge < -0.3 is 5.11 Å². The number of alkyl halides is 6. The average Bonchev–Trinajstić information content (AvgIpc) is 2.68. The van der Waals surface area contributed by atoms with Gasteiger partial charge in [0.05, 0.1) is 28.1 Å². The third-order valence-electron chi connectivity index (χ3n) is 5.39. The number of rotatable bonds is 4. The summed E-state index contributed by atoms with van der Waals surface area (Å²) >= 11 is 5.71. The molecule has 1 unspecified atom stereocenters. The number of aliphatic carboxylic acids is 1. The number of carboxylic acid groups (broad SMARTS) is 1. The summed E-state index contributed by atoms with van der Waals surface area (Å²) in [5, 5.41) is 8.69. The molecule has 1 heterocycles. The Kier molecular flexibility index (Phi) is 6.57. The second kappa shape index (κ2) is 8.70. The van der Waals surface area contributed by atoms with Crippen molar-refractivity contribution in [2.24, 2.45) is 5.92 Å². The molecule has 1 fully saturated rings. The van der Waals surface area contributed by atoms with Gasteiger partial charge in [-0.15, -0.1) is 0 Å². The fourth-order valence-corrected chi connectivity index (χ4v) is 4.06. The maximum absolute atomic E-state index is 13.4. The summed E-state index contributed by atoms with van der Waals surface area (Å²) in [4.78, 5) is 12.9. The van der Waals surface area contributed by atoms with E-state index in [1.54, 1.807) is 4.90 Å².